The number of carbonyl (C=O) groups excluding carboxylic acids is 1. The van der Waals surface area contributed by atoms with Crippen molar-refractivity contribution in [2.24, 2.45) is 0 Å². The number of hydrogen-bond donors (Lipinski definition) is 1. The van der Waals surface area contributed by atoms with Crippen LogP contribution in [0.5, 0.6) is 0 Å². The summed E-state index contributed by atoms with van der Waals surface area (Å²) >= 11 is 0. The molecule has 0 aliphatic carbocycles. The zero-order valence-corrected chi connectivity index (χ0v) is 12.4. The summed E-state index contributed by atoms with van der Waals surface area (Å²) < 4.78 is 33.2. The van der Waals surface area contributed by atoms with Crippen molar-refractivity contribution in [1.82, 2.24) is 20.2 Å². The molecular formula is C14H13F2N5O2. The van der Waals surface area contributed by atoms with E-state index in [1.165, 1.54) is 10.7 Å². The van der Waals surface area contributed by atoms with Gasteiger partial charge in [0.2, 0.25) is 5.95 Å². The minimum Gasteiger partial charge on any atom is -0.463 e. The molecule has 0 saturated carbocycles. The van der Waals surface area contributed by atoms with Crippen molar-refractivity contribution in [3.05, 3.63) is 46.7 Å². The van der Waals surface area contributed by atoms with Gasteiger partial charge in [0.05, 0.1) is 12.2 Å². The van der Waals surface area contributed by atoms with Crippen LogP contribution in [0.2, 0.25) is 0 Å². The lowest BCUT2D eigenvalue weighted by molar-refractivity contribution is -0.139. The molecule has 2 heterocycles. The number of esters is 1. The van der Waals surface area contributed by atoms with Crippen molar-refractivity contribution in [3.63, 3.8) is 0 Å². The number of rotatable bonds is 3. The molecule has 0 amide bonds. The van der Waals surface area contributed by atoms with Crippen molar-refractivity contribution in [2.45, 2.75) is 19.9 Å². The highest BCUT2D eigenvalue weighted by atomic mass is 19.2. The number of nitrogens with one attached hydrogen (secondary N) is 1. The van der Waals surface area contributed by atoms with E-state index in [9.17, 15) is 13.6 Å². The van der Waals surface area contributed by atoms with Crippen LogP contribution in [0.4, 0.5) is 14.7 Å². The van der Waals surface area contributed by atoms with Crippen molar-refractivity contribution in [3.8, 4) is 0 Å². The van der Waals surface area contributed by atoms with Crippen LogP contribution in [0.15, 0.2) is 29.5 Å². The maximum Gasteiger partial charge on any atom is 0.338 e. The standard InChI is InChI=1S/C14H13F2N5O2/c1-3-23-13(22)11-7(2)17-14-18-19-20-21(14)12(11)8-4-5-9(15)10(16)6-8/h4-6,12H,3H2,1-2H3,(H,17,18,20)/t12-/m1/s1. The van der Waals surface area contributed by atoms with E-state index >= 15 is 0 Å². The molecule has 1 aromatic carbocycles. The van der Waals surface area contributed by atoms with Gasteiger partial charge in [0.1, 0.15) is 6.04 Å². The minimum absolute atomic E-state index is 0.183. The van der Waals surface area contributed by atoms with Gasteiger partial charge in [-0.3, -0.25) is 0 Å². The summed E-state index contributed by atoms with van der Waals surface area (Å²) in [6, 6.07) is 2.58. The van der Waals surface area contributed by atoms with Gasteiger partial charge in [-0.05, 0) is 42.0 Å². The fourth-order valence-corrected chi connectivity index (χ4v) is 2.48. The van der Waals surface area contributed by atoms with Gasteiger partial charge in [-0.25, -0.2) is 13.6 Å². The minimum atomic E-state index is -1.02. The predicted molar refractivity (Wildman–Crippen MR) is 75.3 cm³/mol. The van der Waals surface area contributed by atoms with Gasteiger partial charge in [-0.15, -0.1) is 0 Å². The lowest BCUT2D eigenvalue weighted by Crippen LogP contribution is -2.29. The fourth-order valence-electron chi connectivity index (χ4n) is 2.48. The van der Waals surface area contributed by atoms with Crippen molar-refractivity contribution in [2.75, 3.05) is 11.9 Å². The summed E-state index contributed by atoms with van der Waals surface area (Å²) in [4.78, 5) is 12.3. The Kier molecular flexibility index (Phi) is 3.77. The molecule has 23 heavy (non-hydrogen) atoms. The number of halogens is 2. The Hall–Kier alpha value is -2.84. The number of ether oxygens (including phenoxy) is 1. The zero-order valence-electron chi connectivity index (χ0n) is 12.4. The van der Waals surface area contributed by atoms with Crippen LogP contribution >= 0.6 is 0 Å². The van der Waals surface area contributed by atoms with Gasteiger partial charge < -0.3 is 10.1 Å². The first kappa shape index (κ1) is 15.1. The third-order valence-corrected chi connectivity index (χ3v) is 3.47. The summed E-state index contributed by atoms with van der Waals surface area (Å²) in [5.41, 5.74) is 1.06. The number of hydrogen-bond acceptors (Lipinski definition) is 6. The third kappa shape index (κ3) is 2.54. The maximum atomic E-state index is 13.6. The Bertz CT molecular complexity index is 802. The van der Waals surface area contributed by atoms with Gasteiger partial charge >= 0.3 is 5.97 Å². The second kappa shape index (κ2) is 5.75. The van der Waals surface area contributed by atoms with Crippen LogP contribution in [0, 0.1) is 11.6 Å². The van der Waals surface area contributed by atoms with Gasteiger partial charge in [0.15, 0.2) is 11.6 Å². The topological polar surface area (TPSA) is 81.9 Å². The lowest BCUT2D eigenvalue weighted by atomic mass is 9.95. The first-order valence-electron chi connectivity index (χ1n) is 6.90. The Morgan fingerprint density at radius 1 is 1.39 bits per heavy atom. The van der Waals surface area contributed by atoms with Crippen LogP contribution in [-0.4, -0.2) is 32.8 Å². The molecule has 9 heteroatoms. The highest BCUT2D eigenvalue weighted by Gasteiger charge is 2.35. The van der Waals surface area contributed by atoms with Crippen LogP contribution in [-0.2, 0) is 9.53 Å². The monoisotopic (exact) mass is 321 g/mol. The molecule has 1 aliphatic rings. The number of carbonyl (C=O) groups is 1. The number of anilines is 1. The molecule has 0 unspecified atom stereocenters. The molecule has 1 aliphatic heterocycles. The molecule has 1 atom stereocenters. The maximum absolute atomic E-state index is 13.6. The number of fused-ring (bicyclic) bond motifs is 1. The molecule has 0 fully saturated rings. The molecule has 2 aromatic rings. The van der Waals surface area contributed by atoms with E-state index in [2.05, 4.69) is 20.8 Å². The molecule has 0 bridgehead atoms. The Balaban J connectivity index is 2.16. The SMILES string of the molecule is CCOC(=O)C1=C(C)Nc2nnnn2[C@@H]1c1ccc(F)c(F)c1. The molecule has 1 N–H and O–H groups in total. The van der Waals surface area contributed by atoms with Crippen molar-refractivity contribution >= 4 is 11.9 Å². The largest absolute Gasteiger partial charge is 0.463 e. The van der Waals surface area contributed by atoms with E-state index < -0.39 is 23.6 Å². The van der Waals surface area contributed by atoms with Crippen LogP contribution in [0.3, 0.4) is 0 Å². The fraction of sp³-hybridized carbons (Fsp3) is 0.286. The number of benzene rings is 1. The molecule has 3 rings (SSSR count). The second-order valence-corrected chi connectivity index (χ2v) is 4.91. The molecule has 0 saturated heterocycles. The van der Waals surface area contributed by atoms with Crippen LogP contribution in [0.25, 0.3) is 0 Å². The number of nitrogens with zero attached hydrogens (tertiary/aromatic N) is 4. The molecular weight excluding hydrogens is 308 g/mol. The zero-order chi connectivity index (χ0) is 16.6. The van der Waals surface area contributed by atoms with Crippen LogP contribution < -0.4 is 5.32 Å². The predicted octanol–water partition coefficient (Wildman–Crippen LogP) is 1.80. The van der Waals surface area contributed by atoms with Gasteiger partial charge in [0, 0.05) is 5.70 Å². The second-order valence-electron chi connectivity index (χ2n) is 4.91. The summed E-state index contributed by atoms with van der Waals surface area (Å²) in [6.45, 7) is 3.53. The van der Waals surface area contributed by atoms with E-state index in [4.69, 9.17) is 4.74 Å². The normalized spacial score (nSPS) is 16.8. The van der Waals surface area contributed by atoms with E-state index in [1.807, 2.05) is 0 Å². The quantitative estimate of drug-likeness (QED) is 0.868. The van der Waals surface area contributed by atoms with Crippen LogP contribution in [0.1, 0.15) is 25.5 Å². The molecule has 120 valence electrons. The Morgan fingerprint density at radius 2 is 2.17 bits per heavy atom. The van der Waals surface area contributed by atoms with E-state index in [0.717, 1.165) is 12.1 Å². The highest BCUT2D eigenvalue weighted by molar-refractivity contribution is 5.92. The first-order valence-corrected chi connectivity index (χ1v) is 6.90. The van der Waals surface area contributed by atoms with E-state index in [0.29, 0.717) is 17.2 Å². The summed E-state index contributed by atoms with van der Waals surface area (Å²) in [5, 5.41) is 14.1. The summed E-state index contributed by atoms with van der Waals surface area (Å²) in [6.07, 6.45) is 0. The van der Waals surface area contributed by atoms with Crippen molar-refractivity contribution < 1.29 is 18.3 Å². The van der Waals surface area contributed by atoms with E-state index in [-0.39, 0.29) is 12.2 Å². The summed E-state index contributed by atoms with van der Waals surface area (Å²) in [5.74, 6) is -2.27. The van der Waals surface area contributed by atoms with Gasteiger partial charge in [-0.1, -0.05) is 11.2 Å². The first-order chi connectivity index (χ1) is 11.0. The smallest absolute Gasteiger partial charge is 0.338 e. The average Bonchev–Trinajstić information content (AvgIpc) is 2.96. The number of allylic oxidation sites excluding steroid dienone is 1. The lowest BCUT2D eigenvalue weighted by Gasteiger charge is -2.27. The summed E-state index contributed by atoms with van der Waals surface area (Å²) in [7, 11) is 0. The average molecular weight is 321 g/mol. The molecule has 7 nitrogen and oxygen atoms in total. The molecule has 0 radical (unpaired) electrons. The third-order valence-electron chi connectivity index (χ3n) is 3.47. The molecule has 1 aromatic heterocycles. The number of tetrazole rings is 1. The Morgan fingerprint density at radius 3 is 2.87 bits per heavy atom. The van der Waals surface area contributed by atoms with Gasteiger partial charge in [0.25, 0.3) is 0 Å². The molecule has 0 spiro atoms. The van der Waals surface area contributed by atoms with E-state index in [1.54, 1.807) is 13.8 Å². The van der Waals surface area contributed by atoms with Gasteiger partial charge in [-0.2, -0.15) is 4.68 Å². The highest BCUT2D eigenvalue weighted by Crippen LogP contribution is 2.35. The van der Waals surface area contributed by atoms with Crippen molar-refractivity contribution in [1.29, 1.82) is 0 Å². The number of aromatic nitrogens is 4. The Labute approximate surface area is 129 Å².